The smallest absolute Gasteiger partial charge is 0.177 e. The minimum Gasteiger partial charge on any atom is -0.341 e. The van der Waals surface area contributed by atoms with Crippen LogP contribution >= 0.6 is 0 Å². The highest BCUT2D eigenvalue weighted by Crippen LogP contribution is 2.33. The van der Waals surface area contributed by atoms with E-state index in [0.717, 1.165) is 12.7 Å². The van der Waals surface area contributed by atoms with Crippen LogP contribution in [0.1, 0.15) is 30.3 Å². The first kappa shape index (κ1) is 14.5. The number of nitrogens with one attached hydrogen (secondary N) is 1. The van der Waals surface area contributed by atoms with Crippen molar-refractivity contribution in [1.82, 2.24) is 9.97 Å². The van der Waals surface area contributed by atoms with E-state index >= 15 is 0 Å². The van der Waals surface area contributed by atoms with E-state index in [1.807, 2.05) is 0 Å². The van der Waals surface area contributed by atoms with Crippen LogP contribution < -0.4 is 0 Å². The predicted octanol–water partition coefficient (Wildman–Crippen LogP) is 1.61. The SMILES string of the molecule is CS(=O)(=O)c1cccc2[nH]c(C3CCCCS3(=O)=O)nc12. The summed E-state index contributed by atoms with van der Waals surface area (Å²) in [5.74, 6) is 0.508. The van der Waals surface area contributed by atoms with Crippen LogP contribution in [0.25, 0.3) is 11.0 Å². The molecule has 1 unspecified atom stereocenters. The Morgan fingerprint density at radius 3 is 2.71 bits per heavy atom. The van der Waals surface area contributed by atoms with E-state index in [9.17, 15) is 16.8 Å². The summed E-state index contributed by atoms with van der Waals surface area (Å²) in [6, 6.07) is 4.81. The Bertz CT molecular complexity index is 897. The molecule has 114 valence electrons. The highest BCUT2D eigenvalue weighted by atomic mass is 32.2. The zero-order valence-corrected chi connectivity index (χ0v) is 13.2. The number of rotatable bonds is 2. The molecule has 1 fully saturated rings. The van der Waals surface area contributed by atoms with E-state index in [0.29, 0.717) is 29.7 Å². The van der Waals surface area contributed by atoms with Gasteiger partial charge in [-0.05, 0) is 25.0 Å². The van der Waals surface area contributed by atoms with Crippen LogP contribution in [0, 0.1) is 0 Å². The van der Waals surface area contributed by atoms with Gasteiger partial charge in [0.25, 0.3) is 0 Å². The zero-order chi connectivity index (χ0) is 15.3. The third kappa shape index (κ3) is 2.57. The van der Waals surface area contributed by atoms with Crippen molar-refractivity contribution >= 4 is 30.7 Å². The van der Waals surface area contributed by atoms with Gasteiger partial charge in [0.1, 0.15) is 16.6 Å². The standard InChI is InChI=1S/C13H16N2O4S2/c1-20(16,17)10-7-4-5-9-12(10)15-13(14-9)11-6-2-3-8-21(11,18)19/h4-5,7,11H,2-3,6,8H2,1H3,(H,14,15). The number of aromatic amines is 1. The molecule has 1 N–H and O–H groups in total. The van der Waals surface area contributed by atoms with Crippen molar-refractivity contribution in [3.8, 4) is 0 Å². The molecule has 0 radical (unpaired) electrons. The van der Waals surface area contributed by atoms with Gasteiger partial charge in [0, 0.05) is 6.26 Å². The van der Waals surface area contributed by atoms with E-state index in [2.05, 4.69) is 9.97 Å². The van der Waals surface area contributed by atoms with E-state index in [-0.39, 0.29) is 10.6 Å². The number of hydrogen-bond acceptors (Lipinski definition) is 5. The maximum atomic E-state index is 12.2. The Morgan fingerprint density at radius 2 is 2.05 bits per heavy atom. The number of nitrogens with zero attached hydrogens (tertiary/aromatic N) is 1. The lowest BCUT2D eigenvalue weighted by molar-refractivity contribution is 0.540. The second-order valence-corrected chi connectivity index (χ2v) is 9.69. The van der Waals surface area contributed by atoms with Gasteiger partial charge < -0.3 is 4.98 Å². The largest absolute Gasteiger partial charge is 0.341 e. The third-order valence-electron chi connectivity index (χ3n) is 3.78. The molecular formula is C13H16N2O4S2. The van der Waals surface area contributed by atoms with Gasteiger partial charge in [0.05, 0.1) is 16.2 Å². The zero-order valence-electron chi connectivity index (χ0n) is 11.5. The number of aromatic nitrogens is 2. The van der Waals surface area contributed by atoms with Crippen LogP contribution in [0.5, 0.6) is 0 Å². The monoisotopic (exact) mass is 328 g/mol. The molecule has 2 heterocycles. The van der Waals surface area contributed by atoms with Crippen LogP contribution in [0.2, 0.25) is 0 Å². The molecule has 6 nitrogen and oxygen atoms in total. The Morgan fingerprint density at radius 1 is 1.29 bits per heavy atom. The molecule has 0 spiro atoms. The number of H-pyrrole nitrogens is 1. The van der Waals surface area contributed by atoms with E-state index in [4.69, 9.17) is 0 Å². The van der Waals surface area contributed by atoms with Gasteiger partial charge in [0.2, 0.25) is 0 Å². The third-order valence-corrected chi connectivity index (χ3v) is 7.09. The molecule has 1 aromatic heterocycles. The van der Waals surface area contributed by atoms with E-state index < -0.39 is 24.9 Å². The minimum atomic E-state index is -3.41. The number of para-hydroxylation sites is 1. The summed E-state index contributed by atoms with van der Waals surface area (Å²) in [6.07, 6.45) is 3.15. The van der Waals surface area contributed by atoms with Crippen molar-refractivity contribution in [3.05, 3.63) is 24.0 Å². The second-order valence-electron chi connectivity index (χ2n) is 5.40. The maximum absolute atomic E-state index is 12.2. The molecule has 0 aliphatic carbocycles. The van der Waals surface area contributed by atoms with Crippen LogP contribution in [-0.2, 0) is 19.7 Å². The van der Waals surface area contributed by atoms with Crippen LogP contribution in [-0.4, -0.2) is 38.8 Å². The van der Waals surface area contributed by atoms with Crippen LogP contribution in [0.4, 0.5) is 0 Å². The first-order valence-electron chi connectivity index (χ1n) is 6.69. The Hall–Kier alpha value is -1.41. The first-order valence-corrected chi connectivity index (χ1v) is 10.3. The number of benzene rings is 1. The lowest BCUT2D eigenvalue weighted by atomic mass is 10.2. The van der Waals surface area contributed by atoms with E-state index in [1.165, 1.54) is 6.07 Å². The highest BCUT2D eigenvalue weighted by molar-refractivity contribution is 7.91. The molecule has 1 aromatic carbocycles. The topological polar surface area (TPSA) is 97.0 Å². The molecule has 1 saturated heterocycles. The molecule has 1 aliphatic heterocycles. The van der Waals surface area contributed by atoms with Gasteiger partial charge in [-0.15, -0.1) is 0 Å². The van der Waals surface area contributed by atoms with Crippen molar-refractivity contribution in [2.75, 3.05) is 12.0 Å². The van der Waals surface area contributed by atoms with Gasteiger partial charge in [-0.3, -0.25) is 0 Å². The number of hydrogen-bond donors (Lipinski definition) is 1. The number of sulfone groups is 2. The molecular weight excluding hydrogens is 312 g/mol. The molecule has 0 saturated carbocycles. The van der Waals surface area contributed by atoms with Gasteiger partial charge in [0.15, 0.2) is 19.7 Å². The Balaban J connectivity index is 2.18. The predicted molar refractivity (Wildman–Crippen MR) is 79.6 cm³/mol. The van der Waals surface area contributed by atoms with Gasteiger partial charge in [-0.1, -0.05) is 12.5 Å². The molecule has 0 bridgehead atoms. The van der Waals surface area contributed by atoms with Gasteiger partial charge in [-0.25, -0.2) is 21.8 Å². The Labute approximate surface area is 123 Å². The lowest BCUT2D eigenvalue weighted by Gasteiger charge is -2.20. The van der Waals surface area contributed by atoms with Crippen LogP contribution in [0.3, 0.4) is 0 Å². The lowest BCUT2D eigenvalue weighted by Crippen LogP contribution is -2.22. The summed E-state index contributed by atoms with van der Waals surface area (Å²) in [5.41, 5.74) is 0.865. The van der Waals surface area contributed by atoms with Crippen molar-refractivity contribution < 1.29 is 16.8 Å². The second kappa shape index (κ2) is 4.81. The first-order chi connectivity index (χ1) is 9.79. The summed E-state index contributed by atoms with van der Waals surface area (Å²) in [5, 5.41) is -0.661. The molecule has 8 heteroatoms. The van der Waals surface area contributed by atoms with Crippen molar-refractivity contribution in [2.45, 2.75) is 29.4 Å². The summed E-state index contributed by atoms with van der Waals surface area (Å²) in [4.78, 5) is 7.38. The van der Waals surface area contributed by atoms with Gasteiger partial charge in [-0.2, -0.15) is 0 Å². The summed E-state index contributed by atoms with van der Waals surface area (Å²) >= 11 is 0. The number of imidazole rings is 1. The summed E-state index contributed by atoms with van der Waals surface area (Å²) in [6.45, 7) is 0. The van der Waals surface area contributed by atoms with Crippen LogP contribution in [0.15, 0.2) is 23.1 Å². The summed E-state index contributed by atoms with van der Waals surface area (Å²) in [7, 11) is -6.62. The maximum Gasteiger partial charge on any atom is 0.177 e. The average Bonchev–Trinajstić information content (AvgIpc) is 2.79. The van der Waals surface area contributed by atoms with Crippen molar-refractivity contribution in [3.63, 3.8) is 0 Å². The summed E-state index contributed by atoms with van der Waals surface area (Å²) < 4.78 is 47.9. The minimum absolute atomic E-state index is 0.121. The molecule has 1 atom stereocenters. The molecule has 21 heavy (non-hydrogen) atoms. The normalized spacial score (nSPS) is 22.4. The number of fused-ring (bicyclic) bond motifs is 1. The fourth-order valence-corrected chi connectivity index (χ4v) is 5.44. The van der Waals surface area contributed by atoms with Crippen molar-refractivity contribution in [1.29, 1.82) is 0 Å². The fraction of sp³-hybridized carbons (Fsp3) is 0.462. The molecule has 3 rings (SSSR count). The van der Waals surface area contributed by atoms with Gasteiger partial charge >= 0.3 is 0 Å². The molecule has 1 aliphatic rings. The molecule has 2 aromatic rings. The quantitative estimate of drug-likeness (QED) is 0.903. The average molecular weight is 328 g/mol. The fourth-order valence-electron chi connectivity index (χ4n) is 2.74. The van der Waals surface area contributed by atoms with E-state index in [1.54, 1.807) is 12.1 Å². The Kier molecular flexibility index (Phi) is 3.32. The molecule has 0 amide bonds. The van der Waals surface area contributed by atoms with Crippen molar-refractivity contribution in [2.24, 2.45) is 0 Å². The highest BCUT2D eigenvalue weighted by Gasteiger charge is 2.33.